The van der Waals surface area contributed by atoms with E-state index in [9.17, 15) is 0 Å². The Morgan fingerprint density at radius 2 is 1.79 bits per heavy atom. The molecule has 2 saturated carbocycles. The first kappa shape index (κ1) is 20.2. The molecule has 28 heavy (non-hydrogen) atoms. The molecule has 5 unspecified atom stereocenters. The number of benzene rings is 1. The third-order valence-electron chi connectivity index (χ3n) is 8.50. The van der Waals surface area contributed by atoms with Gasteiger partial charge in [-0.1, -0.05) is 56.9 Å². The molecule has 0 nitrogen and oxygen atoms in total. The largest absolute Gasteiger partial charge is 0.103 e. The fraction of sp³-hybridized carbons (Fsp3) is 0.714. The summed E-state index contributed by atoms with van der Waals surface area (Å²) in [4.78, 5) is 0. The Bertz CT molecular complexity index is 641. The summed E-state index contributed by atoms with van der Waals surface area (Å²) in [6, 6.07) is 7.66. The highest BCUT2D eigenvalue weighted by molar-refractivity contribution is 5.36. The van der Waals surface area contributed by atoms with E-state index in [1.165, 1.54) is 89.9 Å². The second-order valence-corrected chi connectivity index (χ2v) is 10.4. The van der Waals surface area contributed by atoms with Crippen LogP contribution in [0.2, 0.25) is 0 Å². The third-order valence-corrected chi connectivity index (χ3v) is 8.50. The molecular weight excluding hydrogens is 336 g/mol. The highest BCUT2D eigenvalue weighted by Crippen LogP contribution is 2.48. The molecule has 0 N–H and O–H groups in total. The number of hydrogen-bond acceptors (Lipinski definition) is 0. The SMILES string of the molecule is C=CCCC1CCC2CC(c3ccc4c(c3)CCC(CCCC)C4)CCC2C1. The molecule has 0 spiro atoms. The van der Waals surface area contributed by atoms with E-state index in [0.29, 0.717) is 0 Å². The van der Waals surface area contributed by atoms with Crippen molar-refractivity contribution < 1.29 is 0 Å². The molecule has 1 aromatic rings. The maximum atomic E-state index is 3.92. The summed E-state index contributed by atoms with van der Waals surface area (Å²) in [5.74, 6) is 4.81. The first-order chi connectivity index (χ1) is 13.8. The van der Waals surface area contributed by atoms with Gasteiger partial charge in [0.15, 0.2) is 0 Å². The van der Waals surface area contributed by atoms with Crippen molar-refractivity contribution in [2.24, 2.45) is 23.7 Å². The Kier molecular flexibility index (Phi) is 6.97. The summed E-state index contributed by atoms with van der Waals surface area (Å²) in [6.07, 6.45) is 21.9. The molecule has 0 radical (unpaired) electrons. The highest BCUT2D eigenvalue weighted by atomic mass is 14.4. The van der Waals surface area contributed by atoms with Crippen molar-refractivity contribution in [3.63, 3.8) is 0 Å². The van der Waals surface area contributed by atoms with Crippen LogP contribution in [0.25, 0.3) is 0 Å². The summed E-state index contributed by atoms with van der Waals surface area (Å²) >= 11 is 0. The number of unbranched alkanes of at least 4 members (excludes halogenated alkanes) is 1. The molecule has 3 aliphatic carbocycles. The standard InChI is InChI=1S/C28H42/c1-3-5-7-21-9-11-25-19-27(15-13-23(25)17-21)28-16-14-24-18-22(8-6-4-2)10-12-26(24)20-28/h3,14,16,20-23,25,27H,1,4-13,15,17-19H2,2H3. The van der Waals surface area contributed by atoms with Crippen molar-refractivity contribution in [1.29, 1.82) is 0 Å². The quantitative estimate of drug-likeness (QED) is 0.419. The summed E-state index contributed by atoms with van der Waals surface area (Å²) < 4.78 is 0. The molecular formula is C28H42. The lowest BCUT2D eigenvalue weighted by Crippen LogP contribution is -2.30. The molecule has 0 amide bonds. The summed E-state index contributed by atoms with van der Waals surface area (Å²) in [5.41, 5.74) is 5.05. The van der Waals surface area contributed by atoms with Gasteiger partial charge in [-0.05, 0) is 110 Å². The molecule has 0 heteroatoms. The van der Waals surface area contributed by atoms with Crippen LogP contribution in [0.4, 0.5) is 0 Å². The Hall–Kier alpha value is -1.04. The Morgan fingerprint density at radius 3 is 2.64 bits per heavy atom. The van der Waals surface area contributed by atoms with Crippen LogP contribution in [0.1, 0.15) is 107 Å². The predicted molar refractivity (Wildman–Crippen MR) is 122 cm³/mol. The van der Waals surface area contributed by atoms with Crippen LogP contribution in [0.3, 0.4) is 0 Å². The van der Waals surface area contributed by atoms with Gasteiger partial charge in [-0.2, -0.15) is 0 Å². The molecule has 0 aliphatic heterocycles. The number of rotatable bonds is 7. The van der Waals surface area contributed by atoms with Gasteiger partial charge in [-0.15, -0.1) is 6.58 Å². The molecule has 5 atom stereocenters. The van der Waals surface area contributed by atoms with Gasteiger partial charge in [0, 0.05) is 0 Å². The lowest BCUT2D eigenvalue weighted by molar-refractivity contribution is 0.115. The summed E-state index contributed by atoms with van der Waals surface area (Å²) in [7, 11) is 0. The van der Waals surface area contributed by atoms with Gasteiger partial charge in [0.05, 0.1) is 0 Å². The second kappa shape index (κ2) is 9.64. The second-order valence-electron chi connectivity index (χ2n) is 10.4. The van der Waals surface area contributed by atoms with Crippen molar-refractivity contribution in [2.45, 2.75) is 103 Å². The maximum absolute atomic E-state index is 3.92. The Labute approximate surface area is 174 Å². The summed E-state index contributed by atoms with van der Waals surface area (Å²) in [5, 5.41) is 0. The number of aryl methyl sites for hydroxylation is 1. The van der Waals surface area contributed by atoms with Gasteiger partial charge >= 0.3 is 0 Å². The zero-order valence-corrected chi connectivity index (χ0v) is 18.3. The highest BCUT2D eigenvalue weighted by Gasteiger charge is 2.36. The van der Waals surface area contributed by atoms with E-state index < -0.39 is 0 Å². The molecule has 0 aromatic heterocycles. The van der Waals surface area contributed by atoms with Crippen LogP contribution in [-0.4, -0.2) is 0 Å². The normalized spacial score (nSPS) is 32.4. The van der Waals surface area contributed by atoms with Gasteiger partial charge in [0.1, 0.15) is 0 Å². The first-order valence-corrected chi connectivity index (χ1v) is 12.5. The van der Waals surface area contributed by atoms with Crippen LogP contribution in [0.5, 0.6) is 0 Å². The monoisotopic (exact) mass is 378 g/mol. The molecule has 0 saturated heterocycles. The lowest BCUT2D eigenvalue weighted by atomic mass is 9.63. The van der Waals surface area contributed by atoms with Crippen LogP contribution in [0.15, 0.2) is 30.9 Å². The number of allylic oxidation sites excluding steroid dienone is 1. The molecule has 0 bridgehead atoms. The van der Waals surface area contributed by atoms with E-state index in [2.05, 4.69) is 37.8 Å². The average molecular weight is 379 g/mol. The van der Waals surface area contributed by atoms with Crippen molar-refractivity contribution in [1.82, 2.24) is 0 Å². The minimum atomic E-state index is 0.842. The zero-order chi connectivity index (χ0) is 19.3. The van der Waals surface area contributed by atoms with Gasteiger partial charge in [0.25, 0.3) is 0 Å². The smallest absolute Gasteiger partial charge is 0.0159 e. The van der Waals surface area contributed by atoms with Crippen LogP contribution < -0.4 is 0 Å². The number of fused-ring (bicyclic) bond motifs is 2. The fourth-order valence-corrected chi connectivity index (χ4v) is 6.75. The Balaban J connectivity index is 1.34. The van der Waals surface area contributed by atoms with E-state index in [0.717, 1.165) is 29.6 Å². The molecule has 3 aliphatic rings. The van der Waals surface area contributed by atoms with Crippen LogP contribution in [0, 0.1) is 23.7 Å². The minimum Gasteiger partial charge on any atom is -0.103 e. The minimum absolute atomic E-state index is 0.842. The summed E-state index contributed by atoms with van der Waals surface area (Å²) in [6.45, 7) is 6.24. The predicted octanol–water partition coefficient (Wildman–Crippen LogP) is 8.25. The molecule has 1 aromatic carbocycles. The van der Waals surface area contributed by atoms with E-state index in [4.69, 9.17) is 0 Å². The molecule has 0 heterocycles. The van der Waals surface area contributed by atoms with Crippen molar-refractivity contribution in [2.75, 3.05) is 0 Å². The lowest BCUT2D eigenvalue weighted by Gasteiger charge is -2.42. The molecule has 4 rings (SSSR count). The van der Waals surface area contributed by atoms with E-state index in [1.54, 1.807) is 16.7 Å². The average Bonchev–Trinajstić information content (AvgIpc) is 2.75. The van der Waals surface area contributed by atoms with Gasteiger partial charge < -0.3 is 0 Å². The van der Waals surface area contributed by atoms with E-state index in [-0.39, 0.29) is 0 Å². The van der Waals surface area contributed by atoms with Crippen molar-refractivity contribution >= 4 is 0 Å². The topological polar surface area (TPSA) is 0 Å². The van der Waals surface area contributed by atoms with Gasteiger partial charge in [-0.25, -0.2) is 0 Å². The zero-order valence-electron chi connectivity index (χ0n) is 18.3. The van der Waals surface area contributed by atoms with Crippen molar-refractivity contribution in [3.8, 4) is 0 Å². The maximum Gasteiger partial charge on any atom is -0.0159 e. The molecule has 2 fully saturated rings. The molecule has 154 valence electrons. The fourth-order valence-electron chi connectivity index (χ4n) is 6.75. The number of hydrogen-bond donors (Lipinski definition) is 0. The van der Waals surface area contributed by atoms with E-state index in [1.807, 2.05) is 0 Å². The van der Waals surface area contributed by atoms with Crippen molar-refractivity contribution in [3.05, 3.63) is 47.5 Å². The first-order valence-electron chi connectivity index (χ1n) is 12.5. The third kappa shape index (κ3) is 4.74. The van der Waals surface area contributed by atoms with E-state index >= 15 is 0 Å². The van der Waals surface area contributed by atoms with Crippen LogP contribution in [-0.2, 0) is 12.8 Å². The van der Waals surface area contributed by atoms with Gasteiger partial charge in [-0.3, -0.25) is 0 Å². The van der Waals surface area contributed by atoms with Crippen LogP contribution >= 0.6 is 0 Å². The van der Waals surface area contributed by atoms with Gasteiger partial charge in [0.2, 0.25) is 0 Å². The Morgan fingerprint density at radius 1 is 0.929 bits per heavy atom.